The number of pyridine rings is 1. The number of fused-ring (bicyclic) bond motifs is 1. The molecule has 2 aliphatic rings. The molecule has 0 aromatic carbocycles. The first-order valence-corrected chi connectivity index (χ1v) is 11.3. The molecule has 8 heteroatoms. The highest BCUT2D eigenvalue weighted by Crippen LogP contribution is 2.43. The molecule has 0 N–H and O–H groups in total. The average molecular weight is 426 g/mol. The fourth-order valence-corrected chi connectivity index (χ4v) is 5.77. The molecule has 0 radical (unpaired) electrons. The molecule has 3 aromatic heterocycles. The lowest BCUT2D eigenvalue weighted by Crippen LogP contribution is -2.37. The van der Waals surface area contributed by atoms with E-state index in [-0.39, 0.29) is 12.1 Å². The van der Waals surface area contributed by atoms with Crippen LogP contribution in [0.25, 0.3) is 10.6 Å². The third-order valence-corrected chi connectivity index (χ3v) is 7.42. The van der Waals surface area contributed by atoms with E-state index in [4.69, 9.17) is 9.47 Å². The van der Waals surface area contributed by atoms with Gasteiger partial charge in [0.25, 0.3) is 0 Å². The Hall–Kier alpha value is -2.29. The van der Waals surface area contributed by atoms with Crippen LogP contribution in [0.15, 0.2) is 42.0 Å². The predicted molar refractivity (Wildman–Crippen MR) is 115 cm³/mol. The van der Waals surface area contributed by atoms with Crippen LogP contribution in [0.3, 0.4) is 0 Å². The molecule has 1 aliphatic heterocycles. The first-order chi connectivity index (χ1) is 14.7. The Morgan fingerprint density at radius 3 is 2.77 bits per heavy atom. The van der Waals surface area contributed by atoms with Crippen molar-refractivity contribution in [2.24, 2.45) is 11.8 Å². The molecular weight excluding hydrogens is 398 g/mol. The van der Waals surface area contributed by atoms with Crippen molar-refractivity contribution in [3.63, 3.8) is 0 Å². The molecule has 0 unspecified atom stereocenters. The minimum atomic E-state index is 0.164. The SMILES string of the molecule is COc1ncccc1CN1C[C@H]2C[C@@H](n3cc(-c4cccs4)nn3)[C@H](OC)C[C@H]2C1. The van der Waals surface area contributed by atoms with E-state index < -0.39 is 0 Å². The van der Waals surface area contributed by atoms with Gasteiger partial charge < -0.3 is 9.47 Å². The third kappa shape index (κ3) is 3.75. The van der Waals surface area contributed by atoms with E-state index in [1.807, 2.05) is 23.9 Å². The average Bonchev–Trinajstić information content (AvgIpc) is 3.52. The zero-order chi connectivity index (χ0) is 20.5. The standard InChI is InChI=1S/C22H27N5O2S/c1-28-20-10-17-13-26(11-15-5-3-7-23-22(15)29-2)12-16(17)9-19(20)27-14-18(24-25-27)21-6-4-8-30-21/h3-8,14,16-17,19-20H,9-13H2,1-2H3/t16-,17+,19-,20-/m1/s1. The zero-order valence-corrected chi connectivity index (χ0v) is 18.2. The monoisotopic (exact) mass is 425 g/mol. The van der Waals surface area contributed by atoms with E-state index in [1.54, 1.807) is 24.6 Å². The molecule has 5 rings (SSSR count). The molecule has 7 nitrogen and oxygen atoms in total. The van der Waals surface area contributed by atoms with E-state index in [9.17, 15) is 0 Å². The van der Waals surface area contributed by atoms with Crippen LogP contribution in [-0.2, 0) is 11.3 Å². The summed E-state index contributed by atoms with van der Waals surface area (Å²) in [5, 5.41) is 11.0. The molecule has 1 saturated carbocycles. The van der Waals surface area contributed by atoms with E-state index in [2.05, 4.69) is 43.9 Å². The molecular formula is C22H27N5O2S. The van der Waals surface area contributed by atoms with Gasteiger partial charge in [0.05, 0.1) is 30.3 Å². The summed E-state index contributed by atoms with van der Waals surface area (Å²) >= 11 is 1.69. The summed E-state index contributed by atoms with van der Waals surface area (Å²) in [4.78, 5) is 8.03. The van der Waals surface area contributed by atoms with Gasteiger partial charge in [-0.25, -0.2) is 9.67 Å². The zero-order valence-electron chi connectivity index (χ0n) is 17.3. The van der Waals surface area contributed by atoms with Crippen molar-refractivity contribution in [1.29, 1.82) is 0 Å². The molecule has 4 heterocycles. The van der Waals surface area contributed by atoms with Crippen LogP contribution in [0, 0.1) is 11.8 Å². The van der Waals surface area contributed by atoms with E-state index in [0.717, 1.165) is 54.5 Å². The second kappa shape index (κ2) is 8.45. The van der Waals surface area contributed by atoms with E-state index >= 15 is 0 Å². The number of methoxy groups -OCH3 is 2. The highest BCUT2D eigenvalue weighted by atomic mass is 32.1. The number of rotatable bonds is 6. The Balaban J connectivity index is 1.30. The van der Waals surface area contributed by atoms with Crippen molar-refractivity contribution in [2.75, 3.05) is 27.3 Å². The Bertz CT molecular complexity index is 976. The lowest BCUT2D eigenvalue weighted by atomic mass is 9.77. The minimum Gasteiger partial charge on any atom is -0.481 e. The Kier molecular flexibility index (Phi) is 5.54. The molecule has 158 valence electrons. The summed E-state index contributed by atoms with van der Waals surface area (Å²) in [6.45, 7) is 3.05. The number of likely N-dealkylation sites (tertiary alicyclic amines) is 1. The first kappa shape index (κ1) is 19.7. The molecule has 1 saturated heterocycles. The minimum absolute atomic E-state index is 0.164. The van der Waals surface area contributed by atoms with Crippen molar-refractivity contribution in [2.45, 2.75) is 31.5 Å². The Morgan fingerprint density at radius 2 is 2.00 bits per heavy atom. The van der Waals surface area contributed by atoms with Gasteiger partial charge in [-0.15, -0.1) is 16.4 Å². The fourth-order valence-electron chi connectivity index (χ4n) is 5.09. The van der Waals surface area contributed by atoms with Crippen molar-refractivity contribution in [3.05, 3.63) is 47.6 Å². The largest absolute Gasteiger partial charge is 0.481 e. The molecule has 0 spiro atoms. The van der Waals surface area contributed by atoms with Crippen LogP contribution in [0.1, 0.15) is 24.4 Å². The summed E-state index contributed by atoms with van der Waals surface area (Å²) < 4.78 is 13.4. The Morgan fingerprint density at radius 1 is 1.13 bits per heavy atom. The highest BCUT2D eigenvalue weighted by Gasteiger charge is 2.43. The van der Waals surface area contributed by atoms with Crippen molar-refractivity contribution >= 4 is 11.3 Å². The number of hydrogen-bond acceptors (Lipinski definition) is 7. The molecule has 1 aliphatic carbocycles. The second-order valence-electron chi connectivity index (χ2n) is 8.26. The molecule has 4 atom stereocenters. The molecule has 30 heavy (non-hydrogen) atoms. The highest BCUT2D eigenvalue weighted by molar-refractivity contribution is 7.13. The molecule has 2 fully saturated rings. The van der Waals surface area contributed by atoms with Gasteiger partial charge in [-0.1, -0.05) is 17.3 Å². The first-order valence-electron chi connectivity index (χ1n) is 10.4. The number of nitrogens with zero attached hydrogens (tertiary/aromatic N) is 5. The van der Waals surface area contributed by atoms with Crippen molar-refractivity contribution < 1.29 is 9.47 Å². The maximum Gasteiger partial charge on any atom is 0.217 e. The van der Waals surface area contributed by atoms with Crippen molar-refractivity contribution in [1.82, 2.24) is 24.9 Å². The second-order valence-corrected chi connectivity index (χ2v) is 9.21. The van der Waals surface area contributed by atoms with E-state index in [0.29, 0.717) is 11.8 Å². The lowest BCUT2D eigenvalue weighted by molar-refractivity contribution is -0.00545. The van der Waals surface area contributed by atoms with Crippen LogP contribution < -0.4 is 4.74 Å². The predicted octanol–water partition coefficient (Wildman–Crippen LogP) is 3.51. The van der Waals surface area contributed by atoms with Crippen LogP contribution in [0.4, 0.5) is 0 Å². The Labute approximate surface area is 180 Å². The molecule has 3 aromatic rings. The van der Waals surface area contributed by atoms with Gasteiger partial charge in [0.2, 0.25) is 5.88 Å². The third-order valence-electron chi connectivity index (χ3n) is 6.52. The number of thiophene rings is 1. The normalized spacial score (nSPS) is 26.6. The van der Waals surface area contributed by atoms with Gasteiger partial charge >= 0.3 is 0 Å². The van der Waals surface area contributed by atoms with Gasteiger partial charge in [-0.2, -0.15) is 0 Å². The summed E-state index contributed by atoms with van der Waals surface area (Å²) in [5.74, 6) is 2.01. The van der Waals surface area contributed by atoms with Gasteiger partial charge in [-0.3, -0.25) is 4.90 Å². The summed E-state index contributed by atoms with van der Waals surface area (Å²) in [7, 11) is 3.51. The van der Waals surface area contributed by atoms with Crippen LogP contribution in [0.5, 0.6) is 5.88 Å². The van der Waals surface area contributed by atoms with E-state index in [1.165, 1.54) is 0 Å². The molecule has 0 amide bonds. The summed E-state index contributed by atoms with van der Waals surface area (Å²) in [6.07, 6.45) is 6.15. The quantitative estimate of drug-likeness (QED) is 0.602. The number of hydrogen-bond donors (Lipinski definition) is 0. The van der Waals surface area contributed by atoms with Gasteiger partial charge in [0.15, 0.2) is 0 Å². The van der Waals surface area contributed by atoms with Crippen molar-refractivity contribution in [3.8, 4) is 16.5 Å². The maximum absolute atomic E-state index is 5.92. The fraction of sp³-hybridized carbons (Fsp3) is 0.500. The maximum atomic E-state index is 5.92. The smallest absolute Gasteiger partial charge is 0.217 e. The van der Waals surface area contributed by atoms with Gasteiger partial charge in [-0.05, 0) is 42.2 Å². The van der Waals surface area contributed by atoms with Gasteiger partial charge in [0, 0.05) is 38.5 Å². The molecule has 0 bridgehead atoms. The lowest BCUT2D eigenvalue weighted by Gasteiger charge is -2.37. The number of ether oxygens (including phenoxy) is 2. The van der Waals surface area contributed by atoms with Crippen LogP contribution >= 0.6 is 11.3 Å². The van der Waals surface area contributed by atoms with Crippen LogP contribution in [-0.4, -0.2) is 58.3 Å². The van der Waals surface area contributed by atoms with Gasteiger partial charge in [0.1, 0.15) is 5.69 Å². The summed E-state index contributed by atoms with van der Waals surface area (Å²) in [5.41, 5.74) is 2.09. The topological polar surface area (TPSA) is 65.3 Å². The summed E-state index contributed by atoms with van der Waals surface area (Å²) in [6, 6.07) is 8.45. The van der Waals surface area contributed by atoms with Crippen LogP contribution in [0.2, 0.25) is 0 Å². The number of aromatic nitrogens is 4.